The van der Waals surface area contributed by atoms with Crippen LogP contribution in [-0.2, 0) is 0 Å². The standard InChI is InChI=1S/C69H49BN4/c1-44-40-45(2)69(46(3)41-44)70(47-20-18-26-51(42-47)73-59-34-16-12-30-55(59)67-63(73)38-36-61-65(67)53-28-10-14-32-57(53)71(61)49-22-6-4-7-23-49)48-21-19-27-52(43-48)74-60-35-17-13-31-56(60)68-64(74)39-37-62-66(68)54-29-11-15-33-58(54)72(62)50-24-8-5-9-25-50/h4-43H,1-3H3. The highest BCUT2D eigenvalue weighted by Crippen LogP contribution is 2.44. The largest absolute Gasteiger partial charge is 0.309 e. The number of nitrogens with zero attached hydrogens (tertiary/aromatic N) is 4. The van der Waals surface area contributed by atoms with Crippen molar-refractivity contribution in [3.05, 3.63) is 259 Å². The van der Waals surface area contributed by atoms with Crippen LogP contribution in [0.1, 0.15) is 16.7 Å². The van der Waals surface area contributed by atoms with Gasteiger partial charge in [-0.1, -0.05) is 179 Å². The average molecular weight is 945 g/mol. The van der Waals surface area contributed by atoms with Gasteiger partial charge in [0.1, 0.15) is 0 Å². The lowest BCUT2D eigenvalue weighted by Gasteiger charge is -2.23. The van der Waals surface area contributed by atoms with Crippen LogP contribution >= 0.6 is 0 Å². The molecule has 0 saturated heterocycles. The Labute approximate surface area is 429 Å². The number of aryl methyl sites for hydroxylation is 3. The number of hydrogen-bond acceptors (Lipinski definition) is 0. The highest BCUT2D eigenvalue weighted by Gasteiger charge is 2.28. The zero-order chi connectivity index (χ0) is 49.2. The summed E-state index contributed by atoms with van der Waals surface area (Å²) in [6.07, 6.45) is 0. The third-order valence-corrected chi connectivity index (χ3v) is 15.9. The maximum Gasteiger partial charge on any atom is 0.242 e. The van der Waals surface area contributed by atoms with Gasteiger partial charge in [0.15, 0.2) is 0 Å². The third kappa shape index (κ3) is 6.17. The first-order valence-corrected chi connectivity index (χ1v) is 25.8. The summed E-state index contributed by atoms with van der Waals surface area (Å²) in [5, 5.41) is 10.1. The Morgan fingerprint density at radius 3 is 0.905 bits per heavy atom. The first-order valence-electron chi connectivity index (χ1n) is 25.8. The number of fused-ring (bicyclic) bond motifs is 14. The monoisotopic (exact) mass is 944 g/mol. The van der Waals surface area contributed by atoms with E-state index in [0.29, 0.717) is 0 Å². The van der Waals surface area contributed by atoms with Crippen molar-refractivity contribution in [1.82, 2.24) is 18.3 Å². The molecule has 11 aromatic carbocycles. The van der Waals surface area contributed by atoms with Gasteiger partial charge in [0.05, 0.1) is 44.1 Å². The van der Waals surface area contributed by atoms with Crippen molar-refractivity contribution in [1.29, 1.82) is 0 Å². The van der Waals surface area contributed by atoms with E-state index in [-0.39, 0.29) is 6.71 Å². The van der Waals surface area contributed by atoms with E-state index < -0.39 is 0 Å². The van der Waals surface area contributed by atoms with Gasteiger partial charge in [-0.25, -0.2) is 0 Å². The van der Waals surface area contributed by atoms with E-state index in [1.165, 1.54) is 120 Å². The molecule has 0 spiro atoms. The maximum absolute atomic E-state index is 2.50. The Kier molecular flexibility index (Phi) is 9.37. The summed E-state index contributed by atoms with van der Waals surface area (Å²) in [6.45, 7) is 6.75. The smallest absolute Gasteiger partial charge is 0.242 e. The fraction of sp³-hybridized carbons (Fsp3) is 0.0435. The summed E-state index contributed by atoms with van der Waals surface area (Å²) >= 11 is 0. The van der Waals surface area contributed by atoms with Gasteiger partial charge in [-0.15, -0.1) is 0 Å². The molecule has 348 valence electrons. The minimum Gasteiger partial charge on any atom is -0.309 e. The Hall–Kier alpha value is -9.32. The highest BCUT2D eigenvalue weighted by atomic mass is 15.0. The van der Waals surface area contributed by atoms with Crippen molar-refractivity contribution >= 4 is 110 Å². The van der Waals surface area contributed by atoms with Gasteiger partial charge in [0, 0.05) is 65.8 Å². The molecule has 0 unspecified atom stereocenters. The van der Waals surface area contributed by atoms with E-state index in [1.54, 1.807) is 0 Å². The molecule has 0 atom stereocenters. The molecule has 0 aliphatic heterocycles. The second-order valence-electron chi connectivity index (χ2n) is 20.2. The number of para-hydroxylation sites is 6. The minimum atomic E-state index is -0.0530. The first kappa shape index (κ1) is 42.4. The van der Waals surface area contributed by atoms with E-state index in [2.05, 4.69) is 282 Å². The summed E-state index contributed by atoms with van der Waals surface area (Å²) in [7, 11) is 0. The van der Waals surface area contributed by atoms with Crippen molar-refractivity contribution < 1.29 is 0 Å². The summed E-state index contributed by atoms with van der Waals surface area (Å²) < 4.78 is 9.84. The van der Waals surface area contributed by atoms with Crippen molar-refractivity contribution in [2.24, 2.45) is 0 Å². The number of rotatable bonds is 7. The molecule has 0 N–H and O–H groups in total. The van der Waals surface area contributed by atoms with Gasteiger partial charge in [-0.3, -0.25) is 0 Å². The highest BCUT2D eigenvalue weighted by molar-refractivity contribution is 6.96. The molecule has 0 bridgehead atoms. The third-order valence-electron chi connectivity index (χ3n) is 15.9. The van der Waals surface area contributed by atoms with Crippen molar-refractivity contribution in [2.75, 3.05) is 0 Å². The Bertz CT molecular complexity index is 4460. The maximum atomic E-state index is 2.50. The molecule has 5 heteroatoms. The Morgan fingerprint density at radius 2 is 0.554 bits per heavy atom. The van der Waals surface area contributed by atoms with Crippen LogP contribution in [0.2, 0.25) is 0 Å². The molecule has 0 radical (unpaired) electrons. The molecule has 15 rings (SSSR count). The van der Waals surface area contributed by atoms with E-state index in [1.807, 2.05) is 0 Å². The topological polar surface area (TPSA) is 19.7 Å². The number of aromatic nitrogens is 4. The van der Waals surface area contributed by atoms with Crippen LogP contribution in [-0.4, -0.2) is 25.0 Å². The molecule has 4 nitrogen and oxygen atoms in total. The van der Waals surface area contributed by atoms with Gasteiger partial charge < -0.3 is 18.3 Å². The quantitative estimate of drug-likeness (QED) is 0.142. The van der Waals surface area contributed by atoms with Crippen LogP contribution in [0.5, 0.6) is 0 Å². The van der Waals surface area contributed by atoms with Gasteiger partial charge >= 0.3 is 0 Å². The van der Waals surface area contributed by atoms with Gasteiger partial charge in [-0.2, -0.15) is 0 Å². The second kappa shape index (κ2) is 16.4. The lowest BCUT2D eigenvalue weighted by molar-refractivity contribution is 1.17. The van der Waals surface area contributed by atoms with Gasteiger partial charge in [-0.05, 0) is 118 Å². The van der Waals surface area contributed by atoms with Crippen LogP contribution in [0.4, 0.5) is 0 Å². The molecule has 4 aromatic heterocycles. The van der Waals surface area contributed by atoms with Crippen LogP contribution < -0.4 is 16.4 Å². The van der Waals surface area contributed by atoms with E-state index in [4.69, 9.17) is 0 Å². The van der Waals surface area contributed by atoms with Gasteiger partial charge in [0.25, 0.3) is 0 Å². The molecule has 74 heavy (non-hydrogen) atoms. The minimum absolute atomic E-state index is 0.0530. The lowest BCUT2D eigenvalue weighted by Crippen LogP contribution is -2.54. The first-order chi connectivity index (χ1) is 36.5. The predicted octanol–water partition coefficient (Wildman–Crippen LogP) is 15.5. The molecule has 15 aromatic rings. The van der Waals surface area contributed by atoms with Crippen molar-refractivity contribution in [3.8, 4) is 22.7 Å². The Morgan fingerprint density at radius 1 is 0.257 bits per heavy atom. The number of benzene rings is 11. The van der Waals surface area contributed by atoms with Gasteiger partial charge in [0.2, 0.25) is 6.71 Å². The summed E-state index contributed by atoms with van der Waals surface area (Å²) in [4.78, 5) is 0. The second-order valence-corrected chi connectivity index (χ2v) is 20.2. The average Bonchev–Trinajstić information content (AvgIpc) is 4.18. The fourth-order valence-electron chi connectivity index (χ4n) is 13.2. The SMILES string of the molecule is Cc1cc(C)c(B(c2cccc(-n3c4ccccc4c4c5c6ccccc6n(-c6ccccc6)c5ccc43)c2)c2cccc(-n3c4ccccc4c4c5c6ccccc6n(-c6ccccc6)c5ccc43)c2)c(C)c1. The van der Waals surface area contributed by atoms with Crippen molar-refractivity contribution in [2.45, 2.75) is 20.8 Å². The molecule has 0 aliphatic carbocycles. The summed E-state index contributed by atoms with van der Waals surface area (Å²) in [5.74, 6) is 0. The predicted molar refractivity (Wildman–Crippen MR) is 316 cm³/mol. The molecular formula is C69H49BN4. The Balaban J connectivity index is 0.949. The van der Waals surface area contributed by atoms with E-state index >= 15 is 0 Å². The molecule has 0 aliphatic rings. The zero-order valence-electron chi connectivity index (χ0n) is 41.5. The van der Waals surface area contributed by atoms with E-state index in [9.17, 15) is 0 Å². The zero-order valence-corrected chi connectivity index (χ0v) is 41.5. The summed E-state index contributed by atoms with van der Waals surface area (Å²) in [5.41, 5.74) is 21.9. The van der Waals surface area contributed by atoms with Crippen molar-refractivity contribution in [3.63, 3.8) is 0 Å². The normalized spacial score (nSPS) is 12.0. The van der Waals surface area contributed by atoms with Crippen LogP contribution in [0.25, 0.3) is 110 Å². The lowest BCUT2D eigenvalue weighted by atomic mass is 9.35. The van der Waals surface area contributed by atoms with Crippen LogP contribution in [0.15, 0.2) is 243 Å². The van der Waals surface area contributed by atoms with Crippen LogP contribution in [0, 0.1) is 20.8 Å². The molecule has 0 saturated carbocycles. The molecule has 0 fully saturated rings. The van der Waals surface area contributed by atoms with E-state index in [0.717, 1.165) is 22.7 Å². The fourth-order valence-corrected chi connectivity index (χ4v) is 13.2. The molecular weight excluding hydrogens is 896 g/mol. The molecule has 4 heterocycles. The van der Waals surface area contributed by atoms with Crippen LogP contribution in [0.3, 0.4) is 0 Å². The molecule has 0 amide bonds. The summed E-state index contributed by atoms with van der Waals surface area (Å²) in [6, 6.07) is 90.0. The number of hydrogen-bond donors (Lipinski definition) is 0.